The molecule has 0 aliphatic heterocycles. The topological polar surface area (TPSA) is 64.4 Å². The van der Waals surface area contributed by atoms with Crippen LogP contribution in [0.15, 0.2) is 22.7 Å². The first-order chi connectivity index (χ1) is 14.0. The standard InChI is InChI=1S/C22H24F2N2O3/c1-11-17(10-28-19-3-2-16(23)9-18(19)24)21(26-29-11)22(27)25-20-14-5-12-4-13(7-14)8-15(20)6-12/h2-3,9,12-15,20H,4-8,10H2,1H3,(H,25,27). The van der Waals surface area contributed by atoms with Crippen molar-refractivity contribution in [2.75, 3.05) is 0 Å². The number of nitrogens with one attached hydrogen (secondary N) is 1. The summed E-state index contributed by atoms with van der Waals surface area (Å²) >= 11 is 0. The molecule has 6 rings (SSSR count). The Balaban J connectivity index is 1.29. The van der Waals surface area contributed by atoms with E-state index in [0.29, 0.717) is 23.2 Å². The number of halogens is 2. The Labute approximate surface area is 167 Å². The van der Waals surface area contributed by atoms with Crippen molar-refractivity contribution in [2.24, 2.45) is 23.7 Å². The summed E-state index contributed by atoms with van der Waals surface area (Å²) < 4.78 is 37.6. The summed E-state index contributed by atoms with van der Waals surface area (Å²) in [5.41, 5.74) is 0.661. The van der Waals surface area contributed by atoms with Crippen LogP contribution in [0, 0.1) is 42.2 Å². The molecule has 29 heavy (non-hydrogen) atoms. The Kier molecular flexibility index (Phi) is 4.56. The molecule has 0 radical (unpaired) electrons. The predicted octanol–water partition coefficient (Wildman–Crippen LogP) is 4.39. The lowest BCUT2D eigenvalue weighted by Gasteiger charge is -2.54. The normalized spacial score (nSPS) is 29.8. The first kappa shape index (κ1) is 18.6. The van der Waals surface area contributed by atoms with E-state index >= 15 is 0 Å². The number of amides is 1. The van der Waals surface area contributed by atoms with Crippen LogP contribution in [0.25, 0.3) is 0 Å². The van der Waals surface area contributed by atoms with Gasteiger partial charge in [0.25, 0.3) is 5.91 Å². The summed E-state index contributed by atoms with van der Waals surface area (Å²) in [5.74, 6) is 1.39. The van der Waals surface area contributed by atoms with Gasteiger partial charge in [-0.1, -0.05) is 5.16 Å². The molecular weight excluding hydrogens is 378 g/mol. The predicted molar refractivity (Wildman–Crippen MR) is 100 cm³/mol. The number of aromatic nitrogens is 1. The van der Waals surface area contributed by atoms with Gasteiger partial charge in [-0.3, -0.25) is 4.79 Å². The monoisotopic (exact) mass is 402 g/mol. The quantitative estimate of drug-likeness (QED) is 0.805. The molecule has 1 N–H and O–H groups in total. The fraction of sp³-hybridized carbons (Fsp3) is 0.545. The molecule has 4 aliphatic carbocycles. The largest absolute Gasteiger partial charge is 0.486 e. The number of ether oxygens (including phenoxy) is 1. The van der Waals surface area contributed by atoms with Crippen LogP contribution in [-0.2, 0) is 6.61 Å². The van der Waals surface area contributed by atoms with Crippen LogP contribution in [0.1, 0.15) is 53.9 Å². The third-order valence-corrected chi connectivity index (χ3v) is 6.99. The third kappa shape index (κ3) is 3.40. The van der Waals surface area contributed by atoms with Gasteiger partial charge in [-0.2, -0.15) is 0 Å². The molecule has 1 aromatic heterocycles. The molecule has 7 heteroatoms. The maximum atomic E-state index is 13.8. The summed E-state index contributed by atoms with van der Waals surface area (Å²) in [4.78, 5) is 13.0. The van der Waals surface area contributed by atoms with E-state index < -0.39 is 11.6 Å². The van der Waals surface area contributed by atoms with Crippen LogP contribution in [0.4, 0.5) is 8.78 Å². The van der Waals surface area contributed by atoms with E-state index in [4.69, 9.17) is 9.26 Å². The zero-order valence-electron chi connectivity index (χ0n) is 16.3. The van der Waals surface area contributed by atoms with Crippen LogP contribution in [0.3, 0.4) is 0 Å². The lowest BCUT2D eigenvalue weighted by molar-refractivity contribution is -0.0120. The van der Waals surface area contributed by atoms with Crippen molar-refractivity contribution >= 4 is 5.91 Å². The highest BCUT2D eigenvalue weighted by molar-refractivity contribution is 5.94. The van der Waals surface area contributed by atoms with Crippen molar-refractivity contribution in [3.63, 3.8) is 0 Å². The van der Waals surface area contributed by atoms with Crippen molar-refractivity contribution in [3.8, 4) is 5.75 Å². The molecule has 1 aromatic carbocycles. The van der Waals surface area contributed by atoms with Gasteiger partial charge in [0.05, 0.1) is 5.56 Å². The fourth-order valence-electron chi connectivity index (χ4n) is 5.86. The van der Waals surface area contributed by atoms with Crippen LogP contribution < -0.4 is 10.1 Å². The van der Waals surface area contributed by atoms with E-state index in [1.165, 1.54) is 38.2 Å². The van der Waals surface area contributed by atoms with Gasteiger partial charge in [-0.05, 0) is 74.8 Å². The number of carbonyl (C=O) groups is 1. The Morgan fingerprint density at radius 2 is 1.86 bits per heavy atom. The second-order valence-corrected chi connectivity index (χ2v) is 8.86. The van der Waals surface area contributed by atoms with Gasteiger partial charge in [0, 0.05) is 12.1 Å². The molecule has 0 atom stereocenters. The highest BCUT2D eigenvalue weighted by Crippen LogP contribution is 2.53. The summed E-state index contributed by atoms with van der Waals surface area (Å²) in [5, 5.41) is 7.14. The Morgan fingerprint density at radius 1 is 1.17 bits per heavy atom. The van der Waals surface area contributed by atoms with Gasteiger partial charge in [-0.15, -0.1) is 0 Å². The molecule has 5 nitrogen and oxygen atoms in total. The lowest BCUT2D eigenvalue weighted by Crippen LogP contribution is -2.55. The molecule has 0 spiro atoms. The highest BCUT2D eigenvalue weighted by atomic mass is 19.1. The second-order valence-electron chi connectivity index (χ2n) is 8.86. The second kappa shape index (κ2) is 7.11. The van der Waals surface area contributed by atoms with Gasteiger partial charge in [0.15, 0.2) is 17.3 Å². The molecule has 0 unspecified atom stereocenters. The lowest BCUT2D eigenvalue weighted by atomic mass is 9.54. The summed E-state index contributed by atoms with van der Waals surface area (Å²) in [6.45, 7) is 1.61. The Hall–Kier alpha value is -2.44. The average Bonchev–Trinajstić information content (AvgIpc) is 3.04. The van der Waals surface area contributed by atoms with Crippen molar-refractivity contribution < 1.29 is 22.8 Å². The van der Waals surface area contributed by atoms with Gasteiger partial charge < -0.3 is 14.6 Å². The van der Waals surface area contributed by atoms with E-state index in [1.54, 1.807) is 6.92 Å². The minimum absolute atomic E-state index is 0.0810. The van der Waals surface area contributed by atoms with E-state index in [1.807, 2.05) is 0 Å². The van der Waals surface area contributed by atoms with Crippen LogP contribution >= 0.6 is 0 Å². The zero-order valence-corrected chi connectivity index (χ0v) is 16.3. The van der Waals surface area contributed by atoms with Crippen molar-refractivity contribution in [1.82, 2.24) is 10.5 Å². The number of aryl methyl sites for hydroxylation is 1. The van der Waals surface area contributed by atoms with Crippen LogP contribution in [0.2, 0.25) is 0 Å². The average molecular weight is 402 g/mol. The molecule has 1 heterocycles. The molecule has 0 saturated heterocycles. The van der Waals surface area contributed by atoms with E-state index in [-0.39, 0.29) is 30.0 Å². The van der Waals surface area contributed by atoms with E-state index in [9.17, 15) is 13.6 Å². The Bertz CT molecular complexity index is 914. The van der Waals surface area contributed by atoms with E-state index in [0.717, 1.165) is 24.0 Å². The molecule has 4 aliphatic rings. The SMILES string of the molecule is Cc1onc(C(=O)NC2C3CC4CC(C3)CC2C4)c1COc1ccc(F)cc1F. The fourth-order valence-corrected chi connectivity index (χ4v) is 5.86. The molecule has 4 bridgehead atoms. The highest BCUT2D eigenvalue weighted by Gasteiger charge is 2.48. The minimum atomic E-state index is -0.793. The molecular formula is C22H24F2N2O3. The minimum Gasteiger partial charge on any atom is -0.486 e. The number of hydrogen-bond acceptors (Lipinski definition) is 4. The van der Waals surface area contributed by atoms with Crippen molar-refractivity contribution in [2.45, 2.75) is 51.7 Å². The number of benzene rings is 1. The van der Waals surface area contributed by atoms with E-state index in [2.05, 4.69) is 10.5 Å². The zero-order chi connectivity index (χ0) is 20.1. The summed E-state index contributed by atoms with van der Waals surface area (Å²) in [6.07, 6.45) is 6.17. The van der Waals surface area contributed by atoms with Crippen molar-refractivity contribution in [1.29, 1.82) is 0 Å². The number of carbonyl (C=O) groups excluding carboxylic acids is 1. The summed E-state index contributed by atoms with van der Waals surface area (Å²) in [7, 11) is 0. The maximum absolute atomic E-state index is 13.8. The van der Waals surface area contributed by atoms with Gasteiger partial charge in [0.1, 0.15) is 18.2 Å². The first-order valence-corrected chi connectivity index (χ1v) is 10.3. The van der Waals surface area contributed by atoms with Crippen LogP contribution in [-0.4, -0.2) is 17.1 Å². The molecule has 4 saturated carbocycles. The first-order valence-electron chi connectivity index (χ1n) is 10.3. The summed E-state index contributed by atoms with van der Waals surface area (Å²) in [6, 6.07) is 3.30. The molecule has 2 aromatic rings. The molecule has 4 fully saturated rings. The Morgan fingerprint density at radius 3 is 2.52 bits per heavy atom. The molecule has 154 valence electrons. The third-order valence-electron chi connectivity index (χ3n) is 6.99. The van der Waals surface area contributed by atoms with Crippen LogP contribution in [0.5, 0.6) is 5.75 Å². The van der Waals surface area contributed by atoms with Crippen molar-refractivity contribution in [3.05, 3.63) is 46.9 Å². The smallest absolute Gasteiger partial charge is 0.274 e. The molecule has 1 amide bonds. The maximum Gasteiger partial charge on any atom is 0.274 e. The van der Waals surface area contributed by atoms with Gasteiger partial charge >= 0.3 is 0 Å². The number of hydrogen-bond donors (Lipinski definition) is 1. The van der Waals surface area contributed by atoms with Gasteiger partial charge in [-0.25, -0.2) is 8.78 Å². The number of nitrogens with zero attached hydrogens (tertiary/aromatic N) is 1. The van der Waals surface area contributed by atoms with Gasteiger partial charge in [0.2, 0.25) is 0 Å². The number of rotatable bonds is 5.